The molecule has 0 aromatic rings. The molecule has 0 bridgehead atoms. The molecule has 4 heavy (non-hydrogen) atoms. The first kappa shape index (κ1) is 3.54. The molecule has 0 atom stereocenters. The van der Waals surface area contributed by atoms with E-state index in [2.05, 4.69) is 0 Å². The van der Waals surface area contributed by atoms with Crippen LogP contribution in [0.5, 0.6) is 0 Å². The molecule has 0 aromatic carbocycles. The van der Waals surface area contributed by atoms with Crippen LogP contribution in [0, 0.1) is 0 Å². The fourth-order valence-corrected chi connectivity index (χ4v) is 0. The molecule has 0 aliphatic rings. The Morgan fingerprint density at radius 1 is 1.75 bits per heavy atom. The van der Waals surface area contributed by atoms with E-state index < -0.39 is 0 Å². The van der Waals surface area contributed by atoms with Gasteiger partial charge in [-0.2, -0.15) is 5.73 Å². The van der Waals surface area contributed by atoms with Crippen molar-refractivity contribution in [2.24, 2.45) is 0 Å². The van der Waals surface area contributed by atoms with Crippen LogP contribution in [-0.2, 0) is 0 Å². The first-order chi connectivity index (χ1) is 1.91. The maximum atomic E-state index is 7.69. The smallest absolute Gasteiger partial charge is 0.0452 e. The Kier molecular flexibility index (Phi) is 2.25. The van der Waals surface area contributed by atoms with Gasteiger partial charge in [-0.3, -0.25) is 0 Å². The summed E-state index contributed by atoms with van der Waals surface area (Å²) in [5.74, 6) is 0. The SMILES string of the molecule is C/C=C\[N]. The van der Waals surface area contributed by atoms with E-state index in [1.54, 1.807) is 13.0 Å². The van der Waals surface area contributed by atoms with Gasteiger partial charge in [0, 0.05) is 6.20 Å². The molecule has 0 unspecified atom stereocenters. The highest BCUT2D eigenvalue weighted by molar-refractivity contribution is 4.65. The summed E-state index contributed by atoms with van der Waals surface area (Å²) in [6, 6.07) is 0. The van der Waals surface area contributed by atoms with E-state index in [0.717, 1.165) is 6.20 Å². The van der Waals surface area contributed by atoms with Crippen LogP contribution in [0.3, 0.4) is 0 Å². The summed E-state index contributed by atoms with van der Waals surface area (Å²) in [6.07, 6.45) is 2.56. The van der Waals surface area contributed by atoms with Gasteiger partial charge in [0.2, 0.25) is 0 Å². The van der Waals surface area contributed by atoms with Gasteiger partial charge < -0.3 is 0 Å². The zero-order valence-corrected chi connectivity index (χ0v) is 2.60. The van der Waals surface area contributed by atoms with E-state index in [1.807, 2.05) is 0 Å². The summed E-state index contributed by atoms with van der Waals surface area (Å²) < 4.78 is 0. The van der Waals surface area contributed by atoms with Gasteiger partial charge in [-0.1, -0.05) is 6.08 Å². The van der Waals surface area contributed by atoms with Crippen LogP contribution < -0.4 is 5.73 Å². The summed E-state index contributed by atoms with van der Waals surface area (Å²) in [5.41, 5.74) is 7.69. The average molecular weight is 55.1 g/mol. The van der Waals surface area contributed by atoms with Crippen LogP contribution in [-0.4, -0.2) is 0 Å². The molecular weight excluding hydrogens is 50.0 g/mol. The second-order valence-electron chi connectivity index (χ2n) is 0.482. The molecule has 0 aliphatic carbocycles. The van der Waals surface area contributed by atoms with Gasteiger partial charge in [-0.15, -0.1) is 0 Å². The molecule has 0 amide bonds. The standard InChI is InChI=1S/C3H5N/c1-2-3-4/h2-3H,1H3/b3-2-. The molecule has 1 heteroatoms. The summed E-state index contributed by atoms with van der Waals surface area (Å²) in [7, 11) is 0. The minimum absolute atomic E-state index is 1.00. The third kappa shape index (κ3) is 1.54. The molecular formula is C3H5N. The Morgan fingerprint density at radius 2 is 2.00 bits per heavy atom. The summed E-state index contributed by atoms with van der Waals surface area (Å²) in [6.45, 7) is 1.75. The second kappa shape index (κ2) is 2.54. The quantitative estimate of drug-likeness (QED) is 0.387. The number of nitrogens with zero attached hydrogens (tertiary/aromatic N) is 1. The molecule has 0 rings (SSSR count). The lowest BCUT2D eigenvalue weighted by Crippen LogP contribution is -1.43. The zero-order valence-electron chi connectivity index (χ0n) is 2.60. The van der Waals surface area contributed by atoms with Crippen LogP contribution in [0.1, 0.15) is 6.92 Å². The molecule has 0 spiro atoms. The highest BCUT2D eigenvalue weighted by Crippen LogP contribution is 1.50. The Balaban J connectivity index is 2.55. The fraction of sp³-hybridized carbons (Fsp3) is 0.333. The lowest BCUT2D eigenvalue weighted by atomic mass is 10.7. The number of allylic oxidation sites excluding steroid dienone is 1. The summed E-state index contributed by atoms with van der Waals surface area (Å²) >= 11 is 0. The number of rotatable bonds is 0. The van der Waals surface area contributed by atoms with E-state index in [0.29, 0.717) is 0 Å². The molecule has 0 aliphatic heterocycles. The van der Waals surface area contributed by atoms with Crippen LogP contribution in [0.15, 0.2) is 12.3 Å². The number of hydrogen-bond donors (Lipinski definition) is 0. The van der Waals surface area contributed by atoms with Crippen LogP contribution >= 0.6 is 0 Å². The van der Waals surface area contributed by atoms with Crippen molar-refractivity contribution < 1.29 is 0 Å². The molecule has 22 valence electrons. The third-order valence-corrected chi connectivity index (χ3v) is 0.149. The molecule has 0 fully saturated rings. The largest absolute Gasteiger partial charge is 0.160 e. The highest BCUT2D eigenvalue weighted by Gasteiger charge is 1.38. The van der Waals surface area contributed by atoms with E-state index in [4.69, 9.17) is 5.73 Å². The van der Waals surface area contributed by atoms with Crippen LogP contribution in [0.2, 0.25) is 0 Å². The molecule has 0 heterocycles. The first-order valence-corrected chi connectivity index (χ1v) is 1.17. The summed E-state index contributed by atoms with van der Waals surface area (Å²) in [4.78, 5) is 0. The second-order valence-corrected chi connectivity index (χ2v) is 0.482. The van der Waals surface area contributed by atoms with Crippen molar-refractivity contribution in [1.82, 2.24) is 5.73 Å². The molecule has 2 radical (unpaired) electrons. The number of hydrogen-bond acceptors (Lipinski definition) is 0. The zero-order chi connectivity index (χ0) is 3.41. The van der Waals surface area contributed by atoms with Gasteiger partial charge in [0.25, 0.3) is 0 Å². The Hall–Kier alpha value is -0.460. The predicted molar refractivity (Wildman–Crippen MR) is 16.9 cm³/mol. The maximum Gasteiger partial charge on any atom is 0.0452 e. The van der Waals surface area contributed by atoms with Gasteiger partial charge in [0.15, 0.2) is 0 Å². The normalized spacial score (nSPS) is 9.25. The van der Waals surface area contributed by atoms with Crippen molar-refractivity contribution in [3.8, 4) is 0 Å². The fourth-order valence-electron chi connectivity index (χ4n) is 0. The summed E-state index contributed by atoms with van der Waals surface area (Å²) in [5, 5.41) is 0. The predicted octanol–water partition coefficient (Wildman–Crippen LogP) is 0.589. The van der Waals surface area contributed by atoms with Gasteiger partial charge in [-0.25, -0.2) is 0 Å². The van der Waals surface area contributed by atoms with Crippen molar-refractivity contribution >= 4 is 0 Å². The van der Waals surface area contributed by atoms with E-state index >= 15 is 0 Å². The maximum absolute atomic E-state index is 7.69. The molecule has 1 nitrogen and oxygen atoms in total. The molecule has 0 saturated carbocycles. The van der Waals surface area contributed by atoms with Crippen molar-refractivity contribution in [2.75, 3.05) is 0 Å². The molecule has 0 N–H and O–H groups in total. The molecule has 0 aromatic heterocycles. The Morgan fingerprint density at radius 3 is 2.00 bits per heavy atom. The lowest BCUT2D eigenvalue weighted by Gasteiger charge is -1.46. The Labute approximate surface area is 26.1 Å². The average Bonchev–Trinajstić information content (AvgIpc) is 1.37. The van der Waals surface area contributed by atoms with E-state index in [1.165, 1.54) is 0 Å². The minimum Gasteiger partial charge on any atom is -0.160 e. The topological polar surface area (TPSA) is 22.3 Å². The van der Waals surface area contributed by atoms with E-state index in [9.17, 15) is 0 Å². The van der Waals surface area contributed by atoms with Crippen molar-refractivity contribution in [2.45, 2.75) is 6.92 Å². The minimum atomic E-state index is 1.00. The third-order valence-electron chi connectivity index (χ3n) is 0.149. The lowest BCUT2D eigenvalue weighted by molar-refractivity contribution is 1.49. The highest BCUT2D eigenvalue weighted by atomic mass is 14.5. The van der Waals surface area contributed by atoms with E-state index in [-0.39, 0.29) is 0 Å². The van der Waals surface area contributed by atoms with Gasteiger partial charge in [-0.05, 0) is 6.92 Å². The van der Waals surface area contributed by atoms with Crippen molar-refractivity contribution in [1.29, 1.82) is 0 Å². The van der Waals surface area contributed by atoms with Gasteiger partial charge >= 0.3 is 0 Å². The van der Waals surface area contributed by atoms with Crippen LogP contribution in [0.4, 0.5) is 0 Å². The monoisotopic (exact) mass is 55.0 g/mol. The first-order valence-electron chi connectivity index (χ1n) is 1.17. The Bertz CT molecular complexity index is 18.5. The van der Waals surface area contributed by atoms with Crippen molar-refractivity contribution in [3.63, 3.8) is 0 Å². The van der Waals surface area contributed by atoms with Crippen molar-refractivity contribution in [3.05, 3.63) is 12.3 Å². The van der Waals surface area contributed by atoms with Gasteiger partial charge in [0.1, 0.15) is 0 Å². The molecule has 0 saturated heterocycles. The van der Waals surface area contributed by atoms with Gasteiger partial charge in [0.05, 0.1) is 0 Å². The van der Waals surface area contributed by atoms with Crippen LogP contribution in [0.25, 0.3) is 0 Å².